The third-order valence-corrected chi connectivity index (χ3v) is 7.74. The highest BCUT2D eigenvalue weighted by Gasteiger charge is 2.72. The molecule has 0 unspecified atom stereocenters. The molecule has 0 aromatic carbocycles. The molecule has 4 aliphatic rings. The molecular weight excluding hydrogens is 410 g/mol. The van der Waals surface area contributed by atoms with E-state index in [9.17, 15) is 4.79 Å². The highest BCUT2D eigenvalue weighted by molar-refractivity contribution is 5.69. The number of aromatic amines is 1. The molecule has 1 aliphatic carbocycles. The number of allylic oxidation sites excluding steroid dienone is 1. The van der Waals surface area contributed by atoms with Crippen LogP contribution in [0, 0.1) is 11.8 Å². The van der Waals surface area contributed by atoms with Gasteiger partial charge in [0.2, 0.25) is 0 Å². The number of epoxide rings is 2. The fraction of sp³-hybridized carbons (Fsp3) is 0.750. The van der Waals surface area contributed by atoms with E-state index < -0.39 is 0 Å². The highest BCUT2D eigenvalue weighted by atomic mass is 16.6. The normalized spacial score (nSPS) is 38.3. The molecule has 1 saturated carbocycles. The molecule has 1 aromatic rings. The summed E-state index contributed by atoms with van der Waals surface area (Å²) in [5, 5.41) is 0. The van der Waals surface area contributed by atoms with Crippen LogP contribution in [0.1, 0.15) is 45.9 Å². The van der Waals surface area contributed by atoms with E-state index >= 15 is 0 Å². The van der Waals surface area contributed by atoms with Gasteiger partial charge in [0.15, 0.2) is 0 Å². The van der Waals surface area contributed by atoms with Gasteiger partial charge in [-0.25, -0.2) is 9.78 Å². The molecule has 1 aromatic heterocycles. The van der Waals surface area contributed by atoms with Crippen molar-refractivity contribution in [1.29, 1.82) is 0 Å². The van der Waals surface area contributed by atoms with Crippen LogP contribution < -0.4 is 0 Å². The average Bonchev–Trinajstić information content (AvgIpc) is 3.57. The summed E-state index contributed by atoms with van der Waals surface area (Å²) in [7, 11) is 1.71. The molecule has 0 radical (unpaired) electrons. The number of amides is 1. The van der Waals surface area contributed by atoms with Crippen molar-refractivity contribution in [1.82, 2.24) is 14.9 Å². The molecule has 1 spiro atoms. The number of H-pyrrole nitrogens is 1. The smallest absolute Gasteiger partial charge is 0.410 e. The third kappa shape index (κ3) is 3.97. The zero-order valence-corrected chi connectivity index (χ0v) is 19.5. The maximum atomic E-state index is 12.8. The number of carbonyl (C=O) groups is 1. The largest absolute Gasteiger partial charge is 0.443 e. The summed E-state index contributed by atoms with van der Waals surface area (Å²) < 4.78 is 24.2. The second-order valence-corrected chi connectivity index (χ2v) is 10.3. The van der Waals surface area contributed by atoms with E-state index in [1.807, 2.05) is 6.20 Å². The molecule has 1 N–H and O–H groups in total. The van der Waals surface area contributed by atoms with E-state index in [1.54, 1.807) is 18.2 Å². The molecular formula is C24H35N3O5. The first-order chi connectivity index (χ1) is 15.3. The van der Waals surface area contributed by atoms with Crippen LogP contribution in [0.3, 0.4) is 0 Å². The number of imidazole rings is 1. The van der Waals surface area contributed by atoms with Crippen LogP contribution in [0.2, 0.25) is 0 Å². The zero-order valence-electron chi connectivity index (χ0n) is 19.5. The second-order valence-electron chi connectivity index (χ2n) is 10.3. The summed E-state index contributed by atoms with van der Waals surface area (Å²) in [6.45, 7) is 8.50. The lowest BCUT2D eigenvalue weighted by molar-refractivity contribution is -0.124. The van der Waals surface area contributed by atoms with Crippen LogP contribution in [0.25, 0.3) is 0 Å². The van der Waals surface area contributed by atoms with Gasteiger partial charge in [0.1, 0.15) is 29.2 Å². The fourth-order valence-corrected chi connectivity index (χ4v) is 5.81. The summed E-state index contributed by atoms with van der Waals surface area (Å²) in [5.74, 6) is 1.43. The van der Waals surface area contributed by atoms with Crippen molar-refractivity contribution in [3.63, 3.8) is 0 Å². The first kappa shape index (κ1) is 21.9. The van der Waals surface area contributed by atoms with Gasteiger partial charge in [0.05, 0.1) is 18.6 Å². The van der Waals surface area contributed by atoms with E-state index in [0.29, 0.717) is 19.0 Å². The zero-order chi connectivity index (χ0) is 22.5. The van der Waals surface area contributed by atoms with E-state index in [1.165, 1.54) is 5.57 Å². The summed E-state index contributed by atoms with van der Waals surface area (Å²) in [4.78, 5) is 22.0. The number of ether oxygens (including phenoxy) is 4. The first-order valence-corrected chi connectivity index (χ1v) is 11.8. The van der Waals surface area contributed by atoms with E-state index in [2.05, 4.69) is 36.8 Å². The molecule has 5 rings (SSSR count). The summed E-state index contributed by atoms with van der Waals surface area (Å²) in [6.07, 6.45) is 8.53. The Labute approximate surface area is 189 Å². The molecule has 8 heteroatoms. The van der Waals surface area contributed by atoms with Gasteiger partial charge in [-0.3, -0.25) is 0 Å². The van der Waals surface area contributed by atoms with Crippen molar-refractivity contribution < 1.29 is 23.7 Å². The Kier molecular flexibility index (Phi) is 5.58. The van der Waals surface area contributed by atoms with Crippen LogP contribution in [-0.2, 0) is 25.4 Å². The van der Waals surface area contributed by atoms with Crippen molar-refractivity contribution in [3.8, 4) is 0 Å². The molecule has 6 atom stereocenters. The van der Waals surface area contributed by atoms with Crippen molar-refractivity contribution in [2.45, 2.75) is 76.0 Å². The quantitative estimate of drug-likeness (QED) is 0.512. The molecule has 3 saturated heterocycles. The number of aromatic nitrogens is 2. The Morgan fingerprint density at radius 3 is 2.81 bits per heavy atom. The maximum Gasteiger partial charge on any atom is 0.410 e. The van der Waals surface area contributed by atoms with E-state index in [-0.39, 0.29) is 41.5 Å². The van der Waals surface area contributed by atoms with Crippen molar-refractivity contribution in [3.05, 3.63) is 29.9 Å². The fourth-order valence-electron chi connectivity index (χ4n) is 5.81. The Morgan fingerprint density at radius 2 is 2.19 bits per heavy atom. The van der Waals surface area contributed by atoms with Crippen molar-refractivity contribution in [2.75, 3.05) is 26.8 Å². The topological polar surface area (TPSA) is 92.5 Å². The van der Waals surface area contributed by atoms with E-state index in [4.69, 9.17) is 18.9 Å². The molecule has 3 aliphatic heterocycles. The highest BCUT2D eigenvalue weighted by Crippen LogP contribution is 2.59. The van der Waals surface area contributed by atoms with Crippen LogP contribution in [0.4, 0.5) is 4.79 Å². The molecule has 4 heterocycles. The minimum atomic E-state index is -0.320. The van der Waals surface area contributed by atoms with Gasteiger partial charge in [0, 0.05) is 44.9 Å². The van der Waals surface area contributed by atoms with Crippen LogP contribution in [-0.4, -0.2) is 77.3 Å². The van der Waals surface area contributed by atoms with Gasteiger partial charge in [-0.1, -0.05) is 11.6 Å². The van der Waals surface area contributed by atoms with Crippen molar-refractivity contribution in [2.24, 2.45) is 11.8 Å². The summed E-state index contributed by atoms with van der Waals surface area (Å²) >= 11 is 0. The van der Waals surface area contributed by atoms with Crippen molar-refractivity contribution >= 4 is 6.09 Å². The van der Waals surface area contributed by atoms with Gasteiger partial charge < -0.3 is 28.8 Å². The summed E-state index contributed by atoms with van der Waals surface area (Å²) in [6, 6.07) is 0. The number of hydrogen-bond acceptors (Lipinski definition) is 6. The van der Waals surface area contributed by atoms with Crippen LogP contribution >= 0.6 is 0 Å². The van der Waals surface area contributed by atoms with Crippen LogP contribution in [0.15, 0.2) is 24.0 Å². The van der Waals surface area contributed by atoms with Gasteiger partial charge in [-0.05, 0) is 40.0 Å². The third-order valence-electron chi connectivity index (χ3n) is 7.74. The molecule has 8 nitrogen and oxygen atoms in total. The number of nitrogens with one attached hydrogen (secondary N) is 1. The molecule has 1 amide bonds. The Balaban J connectivity index is 1.21. The number of rotatable bonds is 7. The van der Waals surface area contributed by atoms with Gasteiger partial charge in [0.25, 0.3) is 0 Å². The van der Waals surface area contributed by atoms with Gasteiger partial charge in [-0.2, -0.15) is 0 Å². The number of methoxy groups -OCH3 is 1. The number of nitrogens with zero attached hydrogens (tertiary/aromatic N) is 2. The van der Waals surface area contributed by atoms with Gasteiger partial charge in [-0.15, -0.1) is 0 Å². The Morgan fingerprint density at radius 1 is 1.41 bits per heavy atom. The average molecular weight is 446 g/mol. The van der Waals surface area contributed by atoms with Gasteiger partial charge >= 0.3 is 6.09 Å². The predicted molar refractivity (Wildman–Crippen MR) is 117 cm³/mol. The molecule has 0 bridgehead atoms. The minimum Gasteiger partial charge on any atom is -0.443 e. The lowest BCUT2D eigenvalue weighted by Crippen LogP contribution is -2.57. The second kappa shape index (κ2) is 8.15. The summed E-state index contributed by atoms with van der Waals surface area (Å²) in [5.41, 5.74) is 0.765. The predicted octanol–water partition coefficient (Wildman–Crippen LogP) is 3.10. The van der Waals surface area contributed by atoms with E-state index in [0.717, 1.165) is 38.1 Å². The molecule has 32 heavy (non-hydrogen) atoms. The lowest BCUT2D eigenvalue weighted by Gasteiger charge is -2.44. The first-order valence-electron chi connectivity index (χ1n) is 11.8. The minimum absolute atomic E-state index is 0.0465. The SMILES string of the molecule is CO[C@@H]1[C@H](OC(=O)N2CC(Cc3ncc[nH]3)C2)CC[C@]2(CO2)[C@H]1[C@@]1(C)O[C@@H]1CC=C(C)C. The monoisotopic (exact) mass is 445 g/mol. The Bertz CT molecular complexity index is 857. The maximum absolute atomic E-state index is 12.8. The molecule has 176 valence electrons. The number of likely N-dealkylation sites (tertiary alicyclic amines) is 1. The Hall–Kier alpha value is -1.90. The number of hydrogen-bond donors (Lipinski definition) is 1. The van der Waals surface area contributed by atoms with Crippen LogP contribution in [0.5, 0.6) is 0 Å². The standard InChI is InChI=1S/C24H35N3O5/c1-15(2)5-6-18-23(3,32-18)21-20(29-4)17(7-8-24(21)14-30-24)31-22(28)27-12-16(13-27)11-19-25-9-10-26-19/h5,9-10,16-18,20-21H,6-8,11-14H2,1-4H3,(H,25,26)/t17-,18-,20-,21-,23+,24+/m1/s1. The molecule has 4 fully saturated rings. The lowest BCUT2D eigenvalue weighted by atomic mass is 9.68. The number of carbonyl (C=O) groups excluding carboxylic acids is 1.